The fourth-order valence-electron chi connectivity index (χ4n) is 0.792. The Kier molecular flexibility index (Phi) is 8.16. The van der Waals surface area contributed by atoms with E-state index in [4.69, 9.17) is 2.81 Å². The zero-order valence-electron chi connectivity index (χ0n) is 8.37. The Balaban J connectivity index is 0.000000211. The molecule has 0 fully saturated rings. The van der Waals surface area contributed by atoms with Crippen molar-refractivity contribution in [3.63, 3.8) is 0 Å². The van der Waals surface area contributed by atoms with Gasteiger partial charge in [-0.25, -0.2) is 0 Å². The monoisotopic (exact) mass is 244 g/mol. The molecule has 1 aliphatic rings. The van der Waals surface area contributed by atoms with Crippen LogP contribution >= 0.6 is 0 Å². The molecule has 1 rings (SSSR count). The molecule has 1 radical (unpaired) electrons. The van der Waals surface area contributed by atoms with E-state index in [0.29, 0.717) is 6.10 Å². The Morgan fingerprint density at radius 3 is 1.58 bits per heavy atom. The van der Waals surface area contributed by atoms with Crippen molar-refractivity contribution in [2.24, 2.45) is 0 Å². The Morgan fingerprint density at radius 2 is 1.50 bits per heavy atom. The zero-order valence-corrected chi connectivity index (χ0v) is 10.8. The van der Waals surface area contributed by atoms with Crippen LogP contribution in [0.2, 0.25) is 9.26 Å². The Labute approximate surface area is 84.8 Å². The second kappa shape index (κ2) is 7.95. The second-order valence-corrected chi connectivity index (χ2v) is 8.08. The van der Waals surface area contributed by atoms with Crippen molar-refractivity contribution in [1.29, 1.82) is 0 Å². The first-order valence-corrected chi connectivity index (χ1v) is 10.2. The molecular weight excluding hydrogens is 227 g/mol. The van der Waals surface area contributed by atoms with E-state index in [1.54, 1.807) is 0 Å². The van der Waals surface area contributed by atoms with Gasteiger partial charge < -0.3 is 0 Å². The maximum atomic E-state index is 5.45. The van der Waals surface area contributed by atoms with Crippen molar-refractivity contribution in [2.75, 3.05) is 0 Å². The molecule has 0 bridgehead atoms. The molecule has 1 aliphatic carbocycles. The van der Waals surface area contributed by atoms with Gasteiger partial charge in [0, 0.05) is 6.42 Å². The zero-order chi connectivity index (χ0) is 9.40. The largest absolute Gasteiger partial charge is 0.0767 e. The van der Waals surface area contributed by atoms with Gasteiger partial charge in [0.2, 0.25) is 0 Å². The summed E-state index contributed by atoms with van der Waals surface area (Å²) in [6.07, 6.45) is 10.5. The van der Waals surface area contributed by atoms with Gasteiger partial charge >= 0.3 is 54.2 Å². The smallest absolute Gasteiger partial charge is 0.00506 e. The SMILES string of the molecule is CC(C)[O][Zr]([CH3])[CH3].[CH]1C=CC=C1. The molecule has 0 amide bonds. The van der Waals surface area contributed by atoms with Gasteiger partial charge in [-0.3, -0.25) is 0 Å². The number of hydrogen-bond donors (Lipinski definition) is 0. The van der Waals surface area contributed by atoms with E-state index in [2.05, 4.69) is 23.1 Å². The molecule has 0 heterocycles. The van der Waals surface area contributed by atoms with E-state index in [1.165, 1.54) is 0 Å². The molecule has 0 unspecified atom stereocenters. The predicted octanol–water partition coefficient (Wildman–Crippen LogP) is 3.36. The van der Waals surface area contributed by atoms with Crippen LogP contribution in [0.1, 0.15) is 13.8 Å². The third kappa shape index (κ3) is 10.3. The third-order valence-corrected chi connectivity index (χ3v) is 3.34. The molecule has 0 aliphatic heterocycles. The molecule has 12 heavy (non-hydrogen) atoms. The predicted molar refractivity (Wildman–Crippen MR) is 50.5 cm³/mol. The summed E-state index contributed by atoms with van der Waals surface area (Å²) in [6, 6.07) is 0. The first-order valence-electron chi connectivity index (χ1n) is 4.26. The molecule has 0 N–H and O–H groups in total. The van der Waals surface area contributed by atoms with Crippen LogP contribution in [0.3, 0.4) is 0 Å². The van der Waals surface area contributed by atoms with Crippen LogP contribution in [0.15, 0.2) is 24.3 Å². The van der Waals surface area contributed by atoms with Crippen molar-refractivity contribution < 1.29 is 25.0 Å². The third-order valence-electron chi connectivity index (χ3n) is 1.03. The van der Waals surface area contributed by atoms with Gasteiger partial charge in [-0.15, -0.1) is 0 Å². The van der Waals surface area contributed by atoms with Crippen LogP contribution in [0.5, 0.6) is 0 Å². The van der Waals surface area contributed by atoms with E-state index >= 15 is 0 Å². The summed E-state index contributed by atoms with van der Waals surface area (Å²) < 4.78 is 9.92. The van der Waals surface area contributed by atoms with Gasteiger partial charge in [0.25, 0.3) is 0 Å². The topological polar surface area (TPSA) is 9.23 Å². The van der Waals surface area contributed by atoms with Crippen molar-refractivity contribution in [2.45, 2.75) is 29.2 Å². The van der Waals surface area contributed by atoms with Crippen molar-refractivity contribution in [1.82, 2.24) is 0 Å². The van der Waals surface area contributed by atoms with E-state index in [0.717, 1.165) is 0 Å². The van der Waals surface area contributed by atoms with Crippen LogP contribution in [-0.2, 0) is 25.0 Å². The maximum Gasteiger partial charge on any atom is 0.00506 e. The molecule has 0 saturated heterocycles. The average Bonchev–Trinajstić information content (AvgIpc) is 2.36. The summed E-state index contributed by atoms with van der Waals surface area (Å²) in [5.74, 6) is 0. The normalized spacial score (nSPS) is 13.1. The summed E-state index contributed by atoms with van der Waals surface area (Å²) in [5.41, 5.74) is 0. The molecule has 0 aromatic heterocycles. The minimum absolute atomic E-state index is 0.462. The van der Waals surface area contributed by atoms with Gasteiger partial charge in [0.1, 0.15) is 0 Å². The van der Waals surface area contributed by atoms with Crippen LogP contribution in [0.4, 0.5) is 0 Å². The van der Waals surface area contributed by atoms with Gasteiger partial charge in [0.15, 0.2) is 0 Å². The summed E-state index contributed by atoms with van der Waals surface area (Å²) in [7, 11) is 0. The minimum atomic E-state index is -1.19. The maximum absolute atomic E-state index is 5.45. The number of rotatable bonds is 2. The molecule has 0 saturated carbocycles. The molecule has 1 nitrogen and oxygen atoms in total. The van der Waals surface area contributed by atoms with Crippen LogP contribution in [0, 0.1) is 6.42 Å². The molecule has 0 aromatic rings. The quantitative estimate of drug-likeness (QED) is 0.725. The standard InChI is InChI=1S/C5H5.C3H7O.2CH3.Zr/c1-2-4-5-3-1;1-3(2)4;;;/h1-5H;3H,1-2H3;2*1H3;/q;-1;;;+1. The van der Waals surface area contributed by atoms with Crippen LogP contribution < -0.4 is 0 Å². The molecule has 2 heteroatoms. The van der Waals surface area contributed by atoms with E-state index in [9.17, 15) is 0 Å². The molecule has 68 valence electrons. The Hall–Kier alpha value is 0.323. The van der Waals surface area contributed by atoms with E-state index in [1.807, 2.05) is 30.7 Å². The van der Waals surface area contributed by atoms with E-state index in [-0.39, 0.29) is 0 Å². The molecule has 0 atom stereocenters. The summed E-state index contributed by atoms with van der Waals surface area (Å²) >= 11 is -1.19. The first-order chi connectivity index (χ1) is 5.63. The Morgan fingerprint density at radius 1 is 1.00 bits per heavy atom. The van der Waals surface area contributed by atoms with Gasteiger partial charge in [0.05, 0.1) is 0 Å². The fraction of sp³-hybridized carbons (Fsp3) is 0.500. The summed E-state index contributed by atoms with van der Waals surface area (Å²) in [4.78, 5) is 0. The van der Waals surface area contributed by atoms with E-state index < -0.39 is 22.2 Å². The van der Waals surface area contributed by atoms with Crippen molar-refractivity contribution in [3.8, 4) is 0 Å². The van der Waals surface area contributed by atoms with Crippen LogP contribution in [-0.4, -0.2) is 6.10 Å². The van der Waals surface area contributed by atoms with Gasteiger partial charge in [-0.2, -0.15) is 0 Å². The van der Waals surface area contributed by atoms with Crippen molar-refractivity contribution in [3.05, 3.63) is 30.7 Å². The summed E-state index contributed by atoms with van der Waals surface area (Å²) in [5, 5.41) is 0. The van der Waals surface area contributed by atoms with Crippen molar-refractivity contribution >= 4 is 0 Å². The minimum Gasteiger partial charge on any atom is -0.0767 e. The fourth-order valence-corrected chi connectivity index (χ4v) is 3.11. The summed E-state index contributed by atoms with van der Waals surface area (Å²) in [6.45, 7) is 4.18. The van der Waals surface area contributed by atoms with Crippen LogP contribution in [0.25, 0.3) is 0 Å². The number of hydrogen-bond acceptors (Lipinski definition) is 1. The second-order valence-electron chi connectivity index (χ2n) is 3.04. The average molecular weight is 245 g/mol. The first kappa shape index (κ1) is 12.3. The number of allylic oxidation sites excluding steroid dienone is 4. The van der Waals surface area contributed by atoms with Gasteiger partial charge in [-0.1, -0.05) is 24.3 Å². The molecule has 0 aromatic carbocycles. The molecule has 0 spiro atoms. The molecular formula is C10H18OZr. The Bertz CT molecular complexity index is 132. The van der Waals surface area contributed by atoms with Gasteiger partial charge in [-0.05, 0) is 0 Å².